The van der Waals surface area contributed by atoms with Crippen LogP contribution < -0.4 is 0 Å². The van der Waals surface area contributed by atoms with Gasteiger partial charge in [0.25, 0.3) is 0 Å². The summed E-state index contributed by atoms with van der Waals surface area (Å²) >= 11 is 0. The first-order valence-corrected chi connectivity index (χ1v) is 3.54. The largest absolute Gasteiger partial charge is 0.313 e. The summed E-state index contributed by atoms with van der Waals surface area (Å²) in [5.41, 5.74) is 0. The van der Waals surface area contributed by atoms with E-state index in [1.807, 2.05) is 6.20 Å². The van der Waals surface area contributed by atoms with Gasteiger partial charge in [0.15, 0.2) is 0 Å². The Morgan fingerprint density at radius 2 is 2.33 bits per heavy atom. The minimum atomic E-state index is 0.933. The van der Waals surface area contributed by atoms with Crippen LogP contribution in [0.15, 0.2) is 12.8 Å². The molecule has 50 valence electrons. The lowest BCUT2D eigenvalue weighted by Gasteiger charge is -2.26. The van der Waals surface area contributed by atoms with Gasteiger partial charge in [-0.15, -0.1) is 0 Å². The molecule has 2 atom stereocenters. The maximum Gasteiger partial charge on any atom is 0.0381 e. The van der Waals surface area contributed by atoms with Crippen molar-refractivity contribution in [1.82, 2.24) is 10.0 Å². The first-order chi connectivity index (χ1) is 4.40. The van der Waals surface area contributed by atoms with Crippen molar-refractivity contribution in [3.63, 3.8) is 0 Å². The fraction of sp³-hybridized carbons (Fsp3) is 0.714. The fourth-order valence-electron chi connectivity index (χ4n) is 1.76. The van der Waals surface area contributed by atoms with E-state index in [2.05, 4.69) is 16.6 Å². The van der Waals surface area contributed by atoms with Crippen LogP contribution in [0.5, 0.6) is 0 Å². The standard InChI is InChI=1S/C7H12N2/c1-2-8-5-7-3-4-9(8)6-7/h2,7H,1,3-6H2. The third kappa shape index (κ3) is 0.663. The van der Waals surface area contributed by atoms with Crippen LogP contribution in [0.4, 0.5) is 0 Å². The Kier molecular flexibility index (Phi) is 1.02. The Hall–Kier alpha value is -0.500. The molecule has 0 spiro atoms. The van der Waals surface area contributed by atoms with Crippen molar-refractivity contribution in [2.24, 2.45) is 5.92 Å². The number of hydrazine groups is 1. The van der Waals surface area contributed by atoms with Gasteiger partial charge in [-0.3, -0.25) is 0 Å². The topological polar surface area (TPSA) is 6.48 Å². The second kappa shape index (κ2) is 1.74. The van der Waals surface area contributed by atoms with Crippen molar-refractivity contribution >= 4 is 0 Å². The van der Waals surface area contributed by atoms with Gasteiger partial charge in [-0.2, -0.15) is 0 Å². The monoisotopic (exact) mass is 124 g/mol. The average Bonchev–Trinajstić information content (AvgIpc) is 2.45. The molecule has 2 heterocycles. The molecule has 2 rings (SSSR count). The molecule has 0 aromatic heterocycles. The number of hydrogen-bond donors (Lipinski definition) is 0. The van der Waals surface area contributed by atoms with E-state index < -0.39 is 0 Å². The lowest BCUT2D eigenvalue weighted by Crippen LogP contribution is -2.33. The molecule has 2 saturated heterocycles. The van der Waals surface area contributed by atoms with Gasteiger partial charge in [-0.05, 0) is 12.3 Å². The van der Waals surface area contributed by atoms with E-state index in [-0.39, 0.29) is 0 Å². The van der Waals surface area contributed by atoms with Crippen molar-refractivity contribution in [3.8, 4) is 0 Å². The molecule has 0 aromatic rings. The van der Waals surface area contributed by atoms with Crippen molar-refractivity contribution in [1.29, 1.82) is 0 Å². The van der Waals surface area contributed by atoms with Gasteiger partial charge in [0.05, 0.1) is 0 Å². The van der Waals surface area contributed by atoms with Gasteiger partial charge < -0.3 is 5.01 Å². The first kappa shape index (κ1) is 5.30. The fourth-order valence-corrected chi connectivity index (χ4v) is 1.76. The highest BCUT2D eigenvalue weighted by Crippen LogP contribution is 2.26. The molecule has 2 nitrogen and oxygen atoms in total. The summed E-state index contributed by atoms with van der Waals surface area (Å²) in [5.74, 6) is 0.933. The van der Waals surface area contributed by atoms with Crippen LogP contribution in [0.25, 0.3) is 0 Å². The van der Waals surface area contributed by atoms with Gasteiger partial charge in [0.1, 0.15) is 0 Å². The van der Waals surface area contributed by atoms with Gasteiger partial charge in [0.2, 0.25) is 0 Å². The Labute approximate surface area is 55.7 Å². The van der Waals surface area contributed by atoms with Gasteiger partial charge in [-0.25, -0.2) is 5.01 Å². The van der Waals surface area contributed by atoms with Crippen molar-refractivity contribution in [3.05, 3.63) is 12.8 Å². The van der Waals surface area contributed by atoms with E-state index in [1.54, 1.807) is 0 Å². The highest BCUT2D eigenvalue weighted by molar-refractivity contribution is 4.87. The SMILES string of the molecule is C=CN1CC2CCN1C2. The number of nitrogens with zero attached hydrogens (tertiary/aromatic N) is 2. The Bertz CT molecular complexity index is 133. The zero-order valence-corrected chi connectivity index (χ0v) is 5.58. The minimum Gasteiger partial charge on any atom is -0.313 e. The van der Waals surface area contributed by atoms with E-state index in [0.29, 0.717) is 0 Å². The number of hydrogen-bond acceptors (Lipinski definition) is 2. The lowest BCUT2D eigenvalue weighted by molar-refractivity contribution is 0.0783. The lowest BCUT2D eigenvalue weighted by atomic mass is 10.1. The summed E-state index contributed by atoms with van der Waals surface area (Å²) in [7, 11) is 0. The smallest absolute Gasteiger partial charge is 0.0381 e. The molecule has 2 unspecified atom stereocenters. The molecule has 0 aliphatic carbocycles. The third-order valence-corrected chi connectivity index (χ3v) is 2.28. The molecule has 0 N–H and O–H groups in total. The molecule has 2 aliphatic rings. The van der Waals surface area contributed by atoms with Crippen LogP contribution in [-0.4, -0.2) is 29.7 Å². The van der Waals surface area contributed by atoms with E-state index in [1.165, 1.54) is 26.1 Å². The maximum atomic E-state index is 3.75. The predicted molar refractivity (Wildman–Crippen MR) is 36.6 cm³/mol. The van der Waals surface area contributed by atoms with Crippen molar-refractivity contribution in [2.75, 3.05) is 19.6 Å². The van der Waals surface area contributed by atoms with Crippen LogP contribution in [-0.2, 0) is 0 Å². The van der Waals surface area contributed by atoms with Crippen LogP contribution in [0.1, 0.15) is 6.42 Å². The summed E-state index contributed by atoms with van der Waals surface area (Å²) in [5, 5.41) is 4.60. The minimum absolute atomic E-state index is 0.933. The molecular weight excluding hydrogens is 112 g/mol. The summed E-state index contributed by atoms with van der Waals surface area (Å²) in [6, 6.07) is 0. The van der Waals surface area contributed by atoms with E-state index in [9.17, 15) is 0 Å². The zero-order valence-electron chi connectivity index (χ0n) is 5.58. The van der Waals surface area contributed by atoms with Crippen LogP contribution >= 0.6 is 0 Å². The third-order valence-electron chi connectivity index (χ3n) is 2.28. The van der Waals surface area contributed by atoms with Crippen molar-refractivity contribution < 1.29 is 0 Å². The summed E-state index contributed by atoms with van der Waals surface area (Å²) in [6.45, 7) is 7.47. The second-order valence-corrected chi connectivity index (χ2v) is 2.87. The average molecular weight is 124 g/mol. The van der Waals surface area contributed by atoms with E-state index in [0.717, 1.165) is 5.92 Å². The van der Waals surface area contributed by atoms with Crippen LogP contribution in [0.3, 0.4) is 0 Å². The molecule has 0 aromatic carbocycles. The van der Waals surface area contributed by atoms with Gasteiger partial charge in [0, 0.05) is 25.8 Å². The summed E-state index contributed by atoms with van der Waals surface area (Å²) in [4.78, 5) is 0. The molecule has 2 aliphatic heterocycles. The van der Waals surface area contributed by atoms with Crippen LogP contribution in [0.2, 0.25) is 0 Å². The molecule has 0 amide bonds. The molecule has 2 heteroatoms. The predicted octanol–water partition coefficient (Wildman–Crippen LogP) is 0.682. The second-order valence-electron chi connectivity index (χ2n) is 2.87. The molecule has 0 radical (unpaired) electrons. The summed E-state index contributed by atoms with van der Waals surface area (Å²) < 4.78 is 0. The normalized spacial score (nSPS) is 39.8. The molecular formula is C7H12N2. The Morgan fingerprint density at radius 1 is 1.44 bits per heavy atom. The number of rotatable bonds is 1. The first-order valence-electron chi connectivity index (χ1n) is 3.54. The van der Waals surface area contributed by atoms with Gasteiger partial charge in [-0.1, -0.05) is 6.58 Å². The highest BCUT2D eigenvalue weighted by Gasteiger charge is 2.33. The van der Waals surface area contributed by atoms with E-state index in [4.69, 9.17) is 0 Å². The van der Waals surface area contributed by atoms with Crippen LogP contribution in [0, 0.1) is 5.92 Å². The van der Waals surface area contributed by atoms with E-state index >= 15 is 0 Å². The highest BCUT2D eigenvalue weighted by atomic mass is 15.6. The number of fused-ring (bicyclic) bond motifs is 2. The summed E-state index contributed by atoms with van der Waals surface area (Å²) in [6.07, 6.45) is 3.32. The Morgan fingerprint density at radius 3 is 2.67 bits per heavy atom. The maximum absolute atomic E-state index is 3.75. The quantitative estimate of drug-likeness (QED) is 0.507. The molecule has 2 fully saturated rings. The molecule has 0 saturated carbocycles. The molecule has 9 heavy (non-hydrogen) atoms. The van der Waals surface area contributed by atoms with Gasteiger partial charge >= 0.3 is 0 Å². The van der Waals surface area contributed by atoms with Crippen molar-refractivity contribution in [2.45, 2.75) is 6.42 Å². The zero-order chi connectivity index (χ0) is 6.27. The Balaban J connectivity index is 2.09. The molecule has 2 bridgehead atoms.